The van der Waals surface area contributed by atoms with Gasteiger partial charge < -0.3 is 10.4 Å². The Balaban J connectivity index is 2.64. The summed E-state index contributed by atoms with van der Waals surface area (Å²) in [5.41, 5.74) is -0.178. The van der Waals surface area contributed by atoms with Crippen molar-refractivity contribution in [2.45, 2.75) is 31.3 Å². The van der Waals surface area contributed by atoms with Crippen LogP contribution in [0.2, 0.25) is 0 Å². The van der Waals surface area contributed by atoms with E-state index in [1.165, 1.54) is 12.3 Å². The second-order valence-electron chi connectivity index (χ2n) is 4.75. The fourth-order valence-electron chi connectivity index (χ4n) is 1.26. The fourth-order valence-corrected chi connectivity index (χ4v) is 2.04. The number of hydrogen-bond donors (Lipinski definition) is 2. The summed E-state index contributed by atoms with van der Waals surface area (Å²) in [4.78, 5) is 26.5. The van der Waals surface area contributed by atoms with Crippen LogP contribution in [0.25, 0.3) is 0 Å². The minimum absolute atomic E-state index is 0.117. The van der Waals surface area contributed by atoms with E-state index >= 15 is 0 Å². The maximum Gasteiger partial charge on any atom is 0.338 e. The highest BCUT2D eigenvalue weighted by Crippen LogP contribution is 2.19. The van der Waals surface area contributed by atoms with Crippen molar-refractivity contribution >= 4 is 23.6 Å². The van der Waals surface area contributed by atoms with Gasteiger partial charge in [-0.2, -0.15) is 0 Å². The van der Waals surface area contributed by atoms with E-state index in [1.54, 1.807) is 6.07 Å². The Hall–Kier alpha value is -1.56. The molecule has 1 heterocycles. The van der Waals surface area contributed by atoms with Crippen LogP contribution in [0.4, 0.5) is 0 Å². The van der Waals surface area contributed by atoms with Gasteiger partial charge in [0.25, 0.3) is 0 Å². The zero-order chi connectivity index (χ0) is 13.8. The quantitative estimate of drug-likeness (QED) is 0.814. The molecule has 0 aliphatic rings. The van der Waals surface area contributed by atoms with Crippen LogP contribution < -0.4 is 5.32 Å². The lowest BCUT2D eigenvalue weighted by atomic mass is 10.1. The number of hydrogen-bond acceptors (Lipinski definition) is 4. The molecule has 1 rings (SSSR count). The Labute approximate surface area is 110 Å². The van der Waals surface area contributed by atoms with E-state index in [4.69, 9.17) is 5.11 Å². The first-order valence-electron chi connectivity index (χ1n) is 5.42. The first kappa shape index (κ1) is 14.5. The maximum absolute atomic E-state index is 11.6. The molecule has 1 aromatic rings. The normalized spacial score (nSPS) is 11.1. The molecule has 0 aromatic carbocycles. The molecule has 2 N–H and O–H groups in total. The SMILES string of the molecule is CC(C)(C)NC(=O)CSc1ncccc1C(=O)O. The van der Waals surface area contributed by atoms with Crippen LogP contribution in [-0.4, -0.2) is 33.3 Å². The van der Waals surface area contributed by atoms with E-state index in [9.17, 15) is 9.59 Å². The molecule has 0 fully saturated rings. The number of carboxylic acid groups (broad SMARTS) is 1. The summed E-state index contributed by atoms with van der Waals surface area (Å²) in [7, 11) is 0. The number of rotatable bonds is 4. The molecule has 0 saturated heterocycles. The highest BCUT2D eigenvalue weighted by molar-refractivity contribution is 8.00. The Morgan fingerprint density at radius 2 is 2.11 bits per heavy atom. The van der Waals surface area contributed by atoms with Crippen molar-refractivity contribution in [1.29, 1.82) is 0 Å². The van der Waals surface area contributed by atoms with E-state index in [2.05, 4.69) is 10.3 Å². The van der Waals surface area contributed by atoms with Crippen LogP contribution in [-0.2, 0) is 4.79 Å². The van der Waals surface area contributed by atoms with Crippen molar-refractivity contribution in [2.75, 3.05) is 5.75 Å². The molecule has 0 spiro atoms. The van der Waals surface area contributed by atoms with Crippen LogP contribution >= 0.6 is 11.8 Å². The highest BCUT2D eigenvalue weighted by atomic mass is 32.2. The Bertz CT molecular complexity index is 455. The third-order valence-corrected chi connectivity index (χ3v) is 2.86. The van der Waals surface area contributed by atoms with Crippen molar-refractivity contribution in [2.24, 2.45) is 0 Å². The molecule has 0 radical (unpaired) electrons. The van der Waals surface area contributed by atoms with Crippen LogP contribution in [0.5, 0.6) is 0 Å². The number of carbonyl (C=O) groups excluding carboxylic acids is 1. The van der Waals surface area contributed by atoms with E-state index < -0.39 is 5.97 Å². The Morgan fingerprint density at radius 1 is 1.44 bits per heavy atom. The van der Waals surface area contributed by atoms with Gasteiger partial charge >= 0.3 is 5.97 Å². The lowest BCUT2D eigenvalue weighted by molar-refractivity contribution is -0.119. The third-order valence-electron chi connectivity index (χ3n) is 1.86. The zero-order valence-electron chi connectivity index (χ0n) is 10.6. The van der Waals surface area contributed by atoms with Crippen molar-refractivity contribution in [3.8, 4) is 0 Å². The smallest absolute Gasteiger partial charge is 0.338 e. The van der Waals surface area contributed by atoms with E-state index in [-0.39, 0.29) is 22.8 Å². The third kappa shape index (κ3) is 4.75. The van der Waals surface area contributed by atoms with Crippen molar-refractivity contribution < 1.29 is 14.7 Å². The predicted octanol–water partition coefficient (Wildman–Crippen LogP) is 1.79. The number of amides is 1. The molecule has 0 aliphatic carbocycles. The largest absolute Gasteiger partial charge is 0.478 e. The van der Waals surface area contributed by atoms with Crippen molar-refractivity contribution in [3.63, 3.8) is 0 Å². The summed E-state index contributed by atoms with van der Waals surface area (Å²) in [6.45, 7) is 5.66. The van der Waals surface area contributed by atoms with Gasteiger partial charge in [-0.25, -0.2) is 9.78 Å². The standard InChI is InChI=1S/C12H16N2O3S/c1-12(2,3)14-9(15)7-18-10-8(11(16)17)5-4-6-13-10/h4-6H,7H2,1-3H3,(H,14,15)(H,16,17). The monoisotopic (exact) mass is 268 g/mol. The van der Waals surface area contributed by atoms with E-state index in [0.29, 0.717) is 5.03 Å². The molecule has 1 amide bonds. The van der Waals surface area contributed by atoms with Gasteiger partial charge in [0.15, 0.2) is 0 Å². The fraction of sp³-hybridized carbons (Fsp3) is 0.417. The molecule has 5 nitrogen and oxygen atoms in total. The molecule has 18 heavy (non-hydrogen) atoms. The Morgan fingerprint density at radius 3 is 2.67 bits per heavy atom. The van der Waals surface area contributed by atoms with Gasteiger partial charge in [-0.3, -0.25) is 4.79 Å². The first-order valence-corrected chi connectivity index (χ1v) is 6.40. The number of nitrogens with zero attached hydrogens (tertiary/aromatic N) is 1. The summed E-state index contributed by atoms with van der Waals surface area (Å²) in [5.74, 6) is -1.04. The summed E-state index contributed by atoms with van der Waals surface area (Å²) < 4.78 is 0. The lowest BCUT2D eigenvalue weighted by Crippen LogP contribution is -2.41. The molecule has 6 heteroatoms. The molecule has 0 unspecified atom stereocenters. The van der Waals surface area contributed by atoms with Gasteiger partial charge in [0, 0.05) is 11.7 Å². The number of carbonyl (C=O) groups is 2. The second-order valence-corrected chi connectivity index (χ2v) is 5.71. The van der Waals surface area contributed by atoms with E-state index in [1.807, 2.05) is 20.8 Å². The van der Waals surface area contributed by atoms with Crippen LogP contribution in [0, 0.1) is 0 Å². The topological polar surface area (TPSA) is 79.3 Å². The summed E-state index contributed by atoms with van der Waals surface area (Å²) in [6, 6.07) is 3.03. The second kappa shape index (κ2) is 5.86. The number of thioether (sulfide) groups is 1. The van der Waals surface area contributed by atoms with Gasteiger partial charge in [-0.15, -0.1) is 0 Å². The molecular weight excluding hydrogens is 252 g/mol. The number of aromatic carboxylic acids is 1. The van der Waals surface area contributed by atoms with Crippen molar-refractivity contribution in [1.82, 2.24) is 10.3 Å². The number of aromatic nitrogens is 1. The van der Waals surface area contributed by atoms with Crippen molar-refractivity contribution in [3.05, 3.63) is 23.9 Å². The van der Waals surface area contributed by atoms with Gasteiger partial charge in [-0.05, 0) is 32.9 Å². The summed E-state index contributed by atoms with van der Waals surface area (Å²) in [6.07, 6.45) is 1.51. The number of pyridine rings is 1. The van der Waals surface area contributed by atoms with Crippen LogP contribution in [0.3, 0.4) is 0 Å². The first-order chi connectivity index (χ1) is 8.29. The summed E-state index contributed by atoms with van der Waals surface area (Å²) >= 11 is 1.12. The molecule has 98 valence electrons. The zero-order valence-corrected chi connectivity index (χ0v) is 11.4. The van der Waals surface area contributed by atoms with Gasteiger partial charge in [0.05, 0.1) is 11.3 Å². The van der Waals surface area contributed by atoms with Crippen LogP contribution in [0.15, 0.2) is 23.4 Å². The number of carboxylic acids is 1. The average Bonchev–Trinajstić information content (AvgIpc) is 2.24. The molecule has 0 aliphatic heterocycles. The van der Waals surface area contributed by atoms with Crippen LogP contribution in [0.1, 0.15) is 31.1 Å². The molecule has 0 atom stereocenters. The van der Waals surface area contributed by atoms with Gasteiger partial charge in [-0.1, -0.05) is 11.8 Å². The molecule has 0 bridgehead atoms. The predicted molar refractivity (Wildman–Crippen MR) is 69.8 cm³/mol. The summed E-state index contributed by atoms with van der Waals surface area (Å²) in [5, 5.41) is 12.1. The molecule has 0 saturated carbocycles. The maximum atomic E-state index is 11.6. The van der Waals surface area contributed by atoms with Gasteiger partial charge in [0.1, 0.15) is 5.03 Å². The number of nitrogens with one attached hydrogen (secondary N) is 1. The van der Waals surface area contributed by atoms with Gasteiger partial charge in [0.2, 0.25) is 5.91 Å². The van der Waals surface area contributed by atoms with E-state index in [0.717, 1.165) is 11.8 Å². The highest BCUT2D eigenvalue weighted by Gasteiger charge is 2.16. The Kier molecular flexibility index (Phi) is 4.72. The molecular formula is C12H16N2O3S. The molecule has 1 aromatic heterocycles. The minimum Gasteiger partial charge on any atom is -0.478 e. The minimum atomic E-state index is -1.04. The average molecular weight is 268 g/mol. The lowest BCUT2D eigenvalue weighted by Gasteiger charge is -2.20.